The number of carbonyl (C=O) groups excluding carboxylic acids is 1. The standard InChI is InChI=1S/C25H28F2N4O3/c1-25(30-24(33)34)7-9-31(13-25)22-19(23(32)29-20(14-2-3-14)15-4-5-15)6-8-28-21(22)16-10-17(26)12-18(27)11-16/h6,8,10-12,14-15,20,30H,2-5,7,9,13H2,1H3,(H,29,32)(H,33,34)/t25-/m0/s1. The van der Waals surface area contributed by atoms with Crippen molar-refractivity contribution in [3.8, 4) is 11.3 Å². The van der Waals surface area contributed by atoms with Gasteiger partial charge in [0.2, 0.25) is 0 Å². The first-order valence-corrected chi connectivity index (χ1v) is 11.7. The molecule has 2 aromatic rings. The van der Waals surface area contributed by atoms with E-state index in [9.17, 15) is 23.5 Å². The van der Waals surface area contributed by atoms with Crippen molar-refractivity contribution in [3.63, 3.8) is 0 Å². The largest absolute Gasteiger partial charge is 0.465 e. The minimum Gasteiger partial charge on any atom is -0.465 e. The van der Waals surface area contributed by atoms with E-state index in [1.54, 1.807) is 13.0 Å². The summed E-state index contributed by atoms with van der Waals surface area (Å²) >= 11 is 0. The van der Waals surface area contributed by atoms with Crippen LogP contribution in [0, 0.1) is 23.5 Å². The van der Waals surface area contributed by atoms with Gasteiger partial charge in [0.1, 0.15) is 11.6 Å². The molecular formula is C25H28F2N4O3. The Balaban J connectivity index is 1.54. The molecule has 3 fully saturated rings. The van der Waals surface area contributed by atoms with Gasteiger partial charge in [-0.25, -0.2) is 13.6 Å². The number of carboxylic acid groups (broad SMARTS) is 1. The molecule has 1 aromatic heterocycles. The Kier molecular flexibility index (Phi) is 5.65. The van der Waals surface area contributed by atoms with Crippen LogP contribution in [0.25, 0.3) is 11.3 Å². The maximum absolute atomic E-state index is 14.1. The molecule has 1 atom stereocenters. The van der Waals surface area contributed by atoms with Crippen molar-refractivity contribution in [2.75, 3.05) is 18.0 Å². The van der Waals surface area contributed by atoms with Gasteiger partial charge in [-0.05, 0) is 69.1 Å². The Morgan fingerprint density at radius 3 is 2.38 bits per heavy atom. The van der Waals surface area contributed by atoms with Crippen molar-refractivity contribution in [1.82, 2.24) is 15.6 Å². The summed E-state index contributed by atoms with van der Waals surface area (Å²) in [5, 5.41) is 15.0. The number of nitrogens with zero attached hydrogens (tertiary/aromatic N) is 2. The molecule has 34 heavy (non-hydrogen) atoms. The Labute approximate surface area is 196 Å². The summed E-state index contributed by atoms with van der Waals surface area (Å²) in [4.78, 5) is 31.1. The summed E-state index contributed by atoms with van der Waals surface area (Å²) in [5.74, 6) is -0.696. The van der Waals surface area contributed by atoms with Crippen molar-refractivity contribution in [1.29, 1.82) is 0 Å². The summed E-state index contributed by atoms with van der Waals surface area (Å²) in [6, 6.07) is 4.94. The van der Waals surface area contributed by atoms with Gasteiger partial charge in [0.25, 0.3) is 5.91 Å². The number of pyridine rings is 1. The maximum Gasteiger partial charge on any atom is 0.405 e. The molecule has 2 heterocycles. The zero-order chi connectivity index (χ0) is 24.0. The van der Waals surface area contributed by atoms with Crippen molar-refractivity contribution < 1.29 is 23.5 Å². The van der Waals surface area contributed by atoms with Crippen molar-refractivity contribution in [2.45, 2.75) is 50.6 Å². The number of carbonyl (C=O) groups is 2. The molecule has 2 saturated carbocycles. The average molecular weight is 471 g/mol. The van der Waals surface area contributed by atoms with Crippen LogP contribution < -0.4 is 15.5 Å². The average Bonchev–Trinajstić information content (AvgIpc) is 3.69. The fraction of sp³-hybridized carbons (Fsp3) is 0.480. The molecule has 0 unspecified atom stereocenters. The Morgan fingerprint density at radius 1 is 1.15 bits per heavy atom. The Bertz CT molecular complexity index is 1100. The number of hydrogen-bond acceptors (Lipinski definition) is 4. The first-order chi connectivity index (χ1) is 16.2. The molecule has 1 aliphatic heterocycles. The van der Waals surface area contributed by atoms with E-state index in [0.717, 1.165) is 31.7 Å². The molecule has 3 N–H and O–H groups in total. The third-order valence-electron chi connectivity index (χ3n) is 7.06. The highest BCUT2D eigenvalue weighted by atomic mass is 19.1. The van der Waals surface area contributed by atoms with Crippen LogP contribution in [0.5, 0.6) is 0 Å². The lowest BCUT2D eigenvalue weighted by Gasteiger charge is -2.28. The summed E-state index contributed by atoms with van der Waals surface area (Å²) in [7, 11) is 0. The second kappa shape index (κ2) is 8.52. The lowest BCUT2D eigenvalue weighted by molar-refractivity contribution is 0.0926. The first-order valence-electron chi connectivity index (χ1n) is 11.7. The van der Waals surface area contributed by atoms with E-state index in [-0.39, 0.29) is 17.5 Å². The molecule has 0 radical (unpaired) electrons. The summed E-state index contributed by atoms with van der Waals surface area (Å²) in [5.41, 5.74) is 0.625. The molecule has 0 spiro atoms. The smallest absolute Gasteiger partial charge is 0.405 e. The second-order valence-electron chi connectivity index (χ2n) is 10.1. The van der Waals surface area contributed by atoms with Crippen LogP contribution in [0.2, 0.25) is 0 Å². The Hall–Kier alpha value is -3.23. The van der Waals surface area contributed by atoms with Crippen molar-refractivity contribution in [3.05, 3.63) is 47.7 Å². The summed E-state index contributed by atoms with van der Waals surface area (Å²) < 4.78 is 28.2. The van der Waals surface area contributed by atoms with Crippen LogP contribution in [-0.4, -0.2) is 46.8 Å². The van der Waals surface area contributed by atoms with Crippen LogP contribution in [0.4, 0.5) is 19.3 Å². The maximum atomic E-state index is 14.1. The van der Waals surface area contributed by atoms with Crippen LogP contribution in [0.1, 0.15) is 49.4 Å². The van der Waals surface area contributed by atoms with Gasteiger partial charge in [-0.1, -0.05) is 0 Å². The fourth-order valence-corrected chi connectivity index (χ4v) is 5.13. The number of benzene rings is 1. The highest BCUT2D eigenvalue weighted by Gasteiger charge is 2.43. The molecule has 9 heteroatoms. The summed E-state index contributed by atoms with van der Waals surface area (Å²) in [6.07, 6.45) is 5.32. The molecule has 5 rings (SSSR count). The highest BCUT2D eigenvalue weighted by Crippen LogP contribution is 2.45. The zero-order valence-corrected chi connectivity index (χ0v) is 19.0. The van der Waals surface area contributed by atoms with Crippen LogP contribution in [0.15, 0.2) is 30.5 Å². The summed E-state index contributed by atoms with van der Waals surface area (Å²) in [6.45, 7) is 2.56. The predicted molar refractivity (Wildman–Crippen MR) is 123 cm³/mol. The van der Waals surface area contributed by atoms with Crippen LogP contribution in [0.3, 0.4) is 0 Å². The second-order valence-corrected chi connectivity index (χ2v) is 10.1. The van der Waals surface area contributed by atoms with E-state index < -0.39 is 23.3 Å². The monoisotopic (exact) mass is 470 g/mol. The molecule has 2 amide bonds. The third kappa shape index (κ3) is 4.69. The lowest BCUT2D eigenvalue weighted by atomic mass is 10.0. The van der Waals surface area contributed by atoms with Crippen molar-refractivity contribution >= 4 is 17.7 Å². The highest BCUT2D eigenvalue weighted by molar-refractivity contribution is 6.03. The number of aromatic nitrogens is 1. The zero-order valence-electron chi connectivity index (χ0n) is 19.0. The molecular weight excluding hydrogens is 442 g/mol. The van der Waals surface area contributed by atoms with E-state index in [4.69, 9.17) is 0 Å². The first kappa shape index (κ1) is 22.6. The Morgan fingerprint density at radius 2 is 1.79 bits per heavy atom. The number of nitrogens with one attached hydrogen (secondary N) is 2. The van der Waals surface area contributed by atoms with Gasteiger partial charge < -0.3 is 20.6 Å². The minimum absolute atomic E-state index is 0.140. The molecule has 7 nitrogen and oxygen atoms in total. The number of hydrogen-bond donors (Lipinski definition) is 3. The molecule has 1 saturated heterocycles. The van der Waals surface area contributed by atoms with Crippen LogP contribution >= 0.6 is 0 Å². The van der Waals surface area contributed by atoms with E-state index in [1.807, 2.05) is 4.90 Å². The molecule has 3 aliphatic rings. The van der Waals surface area contributed by atoms with Gasteiger partial charge in [0.15, 0.2) is 0 Å². The molecule has 2 aliphatic carbocycles. The molecule has 180 valence electrons. The predicted octanol–water partition coefficient (Wildman–Crippen LogP) is 4.18. The number of halogens is 2. The quantitative estimate of drug-likeness (QED) is 0.564. The normalized spacial score (nSPS) is 22.2. The van der Waals surface area contributed by atoms with E-state index in [1.165, 1.54) is 18.3 Å². The van der Waals surface area contributed by atoms with E-state index in [2.05, 4.69) is 15.6 Å². The lowest BCUT2D eigenvalue weighted by Crippen LogP contribution is -2.47. The van der Waals surface area contributed by atoms with Gasteiger partial charge >= 0.3 is 6.09 Å². The number of rotatable bonds is 7. The van der Waals surface area contributed by atoms with Gasteiger partial charge in [-0.2, -0.15) is 0 Å². The molecule has 1 aromatic carbocycles. The third-order valence-corrected chi connectivity index (χ3v) is 7.06. The minimum atomic E-state index is -1.13. The SMILES string of the molecule is C[C@]1(NC(=O)O)CCN(c2c(C(=O)NC(C3CC3)C3CC3)ccnc2-c2cc(F)cc(F)c2)C1. The van der Waals surface area contributed by atoms with Gasteiger partial charge in [-0.3, -0.25) is 9.78 Å². The van der Waals surface area contributed by atoms with Crippen molar-refractivity contribution in [2.24, 2.45) is 11.8 Å². The number of amides is 2. The van der Waals surface area contributed by atoms with Gasteiger partial charge in [0, 0.05) is 37.0 Å². The van der Waals surface area contributed by atoms with E-state index in [0.29, 0.717) is 48.3 Å². The number of anilines is 1. The van der Waals surface area contributed by atoms with Gasteiger partial charge in [-0.15, -0.1) is 0 Å². The molecule has 0 bridgehead atoms. The van der Waals surface area contributed by atoms with E-state index >= 15 is 0 Å². The topological polar surface area (TPSA) is 94.6 Å². The fourth-order valence-electron chi connectivity index (χ4n) is 5.13. The van der Waals surface area contributed by atoms with Crippen LogP contribution in [-0.2, 0) is 0 Å². The van der Waals surface area contributed by atoms with Gasteiger partial charge in [0.05, 0.1) is 22.5 Å².